The van der Waals surface area contributed by atoms with Crippen molar-refractivity contribution in [3.05, 3.63) is 192 Å². The van der Waals surface area contributed by atoms with Crippen molar-refractivity contribution in [1.29, 1.82) is 0 Å². The van der Waals surface area contributed by atoms with Crippen LogP contribution in [-0.2, 0) is 4.74 Å². The fourth-order valence-electron chi connectivity index (χ4n) is 11.2. The van der Waals surface area contributed by atoms with Crippen LogP contribution >= 0.6 is 0 Å². The minimum atomic E-state index is 0.0380. The van der Waals surface area contributed by atoms with Gasteiger partial charge in [0, 0.05) is 47.0 Å². The zero-order valence-corrected chi connectivity index (χ0v) is 30.0. The van der Waals surface area contributed by atoms with E-state index in [2.05, 4.69) is 169 Å². The van der Waals surface area contributed by atoms with Gasteiger partial charge in [-0.3, -0.25) is 0 Å². The number of para-hydroxylation sites is 2. The highest BCUT2D eigenvalue weighted by Crippen LogP contribution is 2.59. The van der Waals surface area contributed by atoms with Gasteiger partial charge in [-0.25, -0.2) is 0 Å². The van der Waals surface area contributed by atoms with Crippen molar-refractivity contribution < 1.29 is 9.47 Å². The summed E-state index contributed by atoms with van der Waals surface area (Å²) in [6.07, 6.45) is 39.8. The predicted octanol–water partition coefficient (Wildman–Crippen LogP) is 11.3. The van der Waals surface area contributed by atoms with Crippen molar-refractivity contribution in [3.63, 3.8) is 0 Å². The number of hydrogen-bond acceptors (Lipinski definition) is 3. The van der Waals surface area contributed by atoms with Gasteiger partial charge in [-0.15, -0.1) is 0 Å². The molecule has 0 amide bonds. The van der Waals surface area contributed by atoms with E-state index in [1.54, 1.807) is 0 Å². The number of allylic oxidation sites excluding steroid dienone is 11. The Morgan fingerprint density at radius 1 is 0.698 bits per heavy atom. The summed E-state index contributed by atoms with van der Waals surface area (Å²) in [7, 11) is 0. The Kier molecular flexibility index (Phi) is 7.57. The van der Waals surface area contributed by atoms with Gasteiger partial charge in [0.05, 0.1) is 18.2 Å². The van der Waals surface area contributed by atoms with Gasteiger partial charge in [0.15, 0.2) is 0 Å². The van der Waals surface area contributed by atoms with Crippen LogP contribution < -0.4 is 9.64 Å². The average Bonchev–Trinajstić information content (AvgIpc) is 3.57. The van der Waals surface area contributed by atoms with E-state index < -0.39 is 0 Å². The van der Waals surface area contributed by atoms with Gasteiger partial charge in [-0.1, -0.05) is 140 Å². The van der Waals surface area contributed by atoms with Gasteiger partial charge in [0.1, 0.15) is 11.9 Å². The van der Waals surface area contributed by atoms with Crippen LogP contribution in [0.4, 0.5) is 11.4 Å². The number of nitrogens with zero attached hydrogens (tertiary/aromatic N) is 1. The highest BCUT2D eigenvalue weighted by molar-refractivity contribution is 5.88. The molecule has 3 aromatic rings. The van der Waals surface area contributed by atoms with Crippen LogP contribution in [-0.4, -0.2) is 24.4 Å². The molecule has 3 heteroatoms. The standard InChI is InChI=1S/C50H45NO2/c1-3-15-32(16-4-1)33-29-30-45-41(31-33)47(39-20-8-11-26-43(39)52-45)49-40-21-9-12-27-44(40)53-46-28-14-22-36(48(46)49)38-24-13-23-37-35-19-7-10-25-42(35)51(50(37)38)34-17-5-2-6-18-34/h1-3,5-15,17-20,22-26,28-31,37,39-41,43-45,47,49-50H,4,16,21,27H2. The molecule has 0 bridgehead atoms. The summed E-state index contributed by atoms with van der Waals surface area (Å²) in [4.78, 5) is 2.60. The molecule has 1 saturated heterocycles. The number of ether oxygens (including phenoxy) is 2. The van der Waals surface area contributed by atoms with E-state index in [9.17, 15) is 0 Å². The molecule has 3 aliphatic heterocycles. The Balaban J connectivity index is 1.10. The molecule has 0 saturated carbocycles. The molecule has 3 nitrogen and oxygen atoms in total. The first-order chi connectivity index (χ1) is 26.3. The predicted molar refractivity (Wildman–Crippen MR) is 215 cm³/mol. The summed E-state index contributed by atoms with van der Waals surface area (Å²) in [6, 6.07) is 27.1. The van der Waals surface area contributed by atoms with E-state index >= 15 is 0 Å². The fourth-order valence-corrected chi connectivity index (χ4v) is 11.2. The number of fused-ring (bicyclic) bond motifs is 7. The molecule has 8 aliphatic rings. The van der Waals surface area contributed by atoms with Crippen LogP contribution in [0, 0.1) is 23.7 Å². The van der Waals surface area contributed by atoms with Crippen LogP contribution in [0.5, 0.6) is 5.75 Å². The summed E-state index contributed by atoms with van der Waals surface area (Å²) in [6.45, 7) is 0. The zero-order valence-electron chi connectivity index (χ0n) is 30.0. The first-order valence-corrected chi connectivity index (χ1v) is 19.8. The SMILES string of the molecule is C1=CCCC(C2=CC3C(C=C2)OC2C=CC=CC2C3C2c3c(cccc3C3=CC=CC4c5ccccc5N(c5ccccc5)C34)OC3CC=CCC32)=C1. The summed E-state index contributed by atoms with van der Waals surface area (Å²) in [5.74, 6) is 2.84. The lowest BCUT2D eigenvalue weighted by molar-refractivity contribution is -0.0975. The third-order valence-electron chi connectivity index (χ3n) is 13.3. The molecule has 11 rings (SSSR count). The maximum atomic E-state index is 7.14. The lowest BCUT2D eigenvalue weighted by Gasteiger charge is -2.54. The van der Waals surface area contributed by atoms with E-state index in [1.807, 2.05) is 0 Å². The summed E-state index contributed by atoms with van der Waals surface area (Å²) >= 11 is 0. The van der Waals surface area contributed by atoms with Gasteiger partial charge in [0.25, 0.3) is 0 Å². The number of benzene rings is 3. The maximum absolute atomic E-state index is 7.14. The average molecular weight is 692 g/mol. The molecule has 3 aromatic carbocycles. The Morgan fingerprint density at radius 3 is 2.49 bits per heavy atom. The molecule has 3 heterocycles. The Labute approximate surface area is 313 Å². The second kappa shape index (κ2) is 12.8. The lowest BCUT2D eigenvalue weighted by atomic mass is 9.57. The lowest BCUT2D eigenvalue weighted by Crippen LogP contribution is -2.52. The van der Waals surface area contributed by atoms with Gasteiger partial charge in [-0.2, -0.15) is 0 Å². The van der Waals surface area contributed by atoms with Crippen molar-refractivity contribution in [2.24, 2.45) is 23.7 Å². The molecule has 0 N–H and O–H groups in total. The normalized spacial score (nSPS) is 34.0. The van der Waals surface area contributed by atoms with Gasteiger partial charge in [-0.05, 0) is 83.2 Å². The number of anilines is 2. The molecule has 0 radical (unpaired) electrons. The van der Waals surface area contributed by atoms with Gasteiger partial charge >= 0.3 is 0 Å². The van der Waals surface area contributed by atoms with E-state index in [0.29, 0.717) is 11.8 Å². The second-order valence-corrected chi connectivity index (χ2v) is 16.0. The topological polar surface area (TPSA) is 21.7 Å². The molecule has 5 aliphatic carbocycles. The fraction of sp³-hybridized carbons (Fsp3) is 0.280. The molecule has 10 atom stereocenters. The van der Waals surface area contributed by atoms with E-state index in [4.69, 9.17) is 9.47 Å². The van der Waals surface area contributed by atoms with Crippen molar-refractivity contribution in [1.82, 2.24) is 0 Å². The third-order valence-corrected chi connectivity index (χ3v) is 13.3. The molecule has 10 unspecified atom stereocenters. The summed E-state index contributed by atoms with van der Waals surface area (Å²) in [5, 5.41) is 0. The summed E-state index contributed by atoms with van der Waals surface area (Å²) < 4.78 is 14.1. The molecular weight excluding hydrogens is 647 g/mol. The van der Waals surface area contributed by atoms with Crippen molar-refractivity contribution >= 4 is 16.9 Å². The summed E-state index contributed by atoms with van der Waals surface area (Å²) in [5.41, 5.74) is 10.9. The molecule has 53 heavy (non-hydrogen) atoms. The van der Waals surface area contributed by atoms with Crippen molar-refractivity contribution in [2.75, 3.05) is 4.90 Å². The first kappa shape index (κ1) is 31.4. The maximum Gasteiger partial charge on any atom is 0.123 e. The monoisotopic (exact) mass is 691 g/mol. The molecule has 0 aromatic heterocycles. The van der Waals surface area contributed by atoms with Crippen molar-refractivity contribution in [3.8, 4) is 5.75 Å². The third kappa shape index (κ3) is 5.04. The van der Waals surface area contributed by atoms with E-state index in [1.165, 1.54) is 44.8 Å². The largest absolute Gasteiger partial charge is 0.489 e. The Bertz CT molecular complexity index is 2230. The Morgan fingerprint density at radius 2 is 1.57 bits per heavy atom. The molecule has 1 fully saturated rings. The molecule has 0 spiro atoms. The van der Waals surface area contributed by atoms with Gasteiger partial charge < -0.3 is 14.4 Å². The van der Waals surface area contributed by atoms with Crippen LogP contribution in [0.2, 0.25) is 0 Å². The number of rotatable bonds is 4. The minimum absolute atomic E-state index is 0.0380. The van der Waals surface area contributed by atoms with Crippen LogP contribution in [0.15, 0.2) is 175 Å². The van der Waals surface area contributed by atoms with Crippen LogP contribution in [0.3, 0.4) is 0 Å². The highest BCUT2D eigenvalue weighted by atomic mass is 16.5. The zero-order chi connectivity index (χ0) is 34.9. The van der Waals surface area contributed by atoms with Crippen LogP contribution in [0.1, 0.15) is 54.2 Å². The highest BCUT2D eigenvalue weighted by Gasteiger charge is 2.54. The smallest absolute Gasteiger partial charge is 0.123 e. The number of hydrogen-bond donors (Lipinski definition) is 0. The molecular formula is C50H45NO2. The Hall–Kier alpha value is -5.12. The minimum Gasteiger partial charge on any atom is -0.489 e. The quantitative estimate of drug-likeness (QED) is 0.254. The van der Waals surface area contributed by atoms with Crippen molar-refractivity contribution in [2.45, 2.75) is 61.9 Å². The van der Waals surface area contributed by atoms with Gasteiger partial charge in [0.2, 0.25) is 0 Å². The van der Waals surface area contributed by atoms with E-state index in [0.717, 1.165) is 31.4 Å². The molecule has 262 valence electrons. The van der Waals surface area contributed by atoms with Crippen LogP contribution in [0.25, 0.3) is 5.57 Å². The first-order valence-electron chi connectivity index (χ1n) is 19.8. The van der Waals surface area contributed by atoms with E-state index in [-0.39, 0.29) is 48.0 Å². The second-order valence-electron chi connectivity index (χ2n) is 16.0.